The maximum Gasteiger partial charge on any atom is 0.318 e. The second kappa shape index (κ2) is 10.7. The van der Waals surface area contributed by atoms with Crippen molar-refractivity contribution in [3.05, 3.63) is 70.8 Å². The second-order valence-electron chi connectivity index (χ2n) is 9.85. The van der Waals surface area contributed by atoms with Crippen molar-refractivity contribution >= 4 is 17.7 Å². The van der Waals surface area contributed by atoms with Gasteiger partial charge in [0.2, 0.25) is 0 Å². The van der Waals surface area contributed by atoms with Crippen molar-refractivity contribution in [2.45, 2.75) is 64.1 Å². The number of piperidine rings is 1. The number of aryl methyl sites for hydroxylation is 2. The number of esters is 2. The first-order valence-corrected chi connectivity index (χ1v) is 12.5. The van der Waals surface area contributed by atoms with E-state index in [9.17, 15) is 14.4 Å². The summed E-state index contributed by atoms with van der Waals surface area (Å²) in [5.74, 6) is -3.90. The Hall–Kier alpha value is -2.99. The molecule has 35 heavy (non-hydrogen) atoms. The number of rotatable bonds is 5. The lowest BCUT2D eigenvalue weighted by molar-refractivity contribution is -0.170. The monoisotopic (exact) mass is 477 g/mol. The number of ketones is 1. The molecule has 0 spiro atoms. The van der Waals surface area contributed by atoms with Crippen LogP contribution in [0.15, 0.2) is 48.5 Å². The Morgan fingerprint density at radius 2 is 1.11 bits per heavy atom. The normalized spacial score (nSPS) is 25.8. The van der Waals surface area contributed by atoms with E-state index in [1.807, 2.05) is 62.4 Å². The Balaban J connectivity index is 1.97. The number of carbonyl (C=O) groups excluding carboxylic acids is 3. The predicted molar refractivity (Wildman–Crippen MR) is 133 cm³/mol. The fraction of sp³-hybridized carbons (Fsp3) is 0.483. The fourth-order valence-electron chi connectivity index (χ4n) is 5.86. The molecule has 2 aromatic carbocycles. The van der Waals surface area contributed by atoms with Crippen molar-refractivity contribution in [2.75, 3.05) is 14.2 Å². The molecule has 6 nitrogen and oxygen atoms in total. The summed E-state index contributed by atoms with van der Waals surface area (Å²) in [6.45, 7) is 4.02. The molecule has 0 amide bonds. The molecule has 2 aliphatic rings. The number of benzene rings is 2. The third-order valence-electron chi connectivity index (χ3n) is 7.63. The summed E-state index contributed by atoms with van der Waals surface area (Å²) < 4.78 is 10.3. The number of hydrogen-bond donors (Lipinski definition) is 0. The van der Waals surface area contributed by atoms with Gasteiger partial charge in [-0.15, -0.1) is 0 Å². The molecule has 1 aliphatic carbocycles. The lowest BCUT2D eigenvalue weighted by atomic mass is 9.71. The topological polar surface area (TPSA) is 72.9 Å². The summed E-state index contributed by atoms with van der Waals surface area (Å²) in [4.78, 5) is 42.7. The molecule has 0 radical (unpaired) electrons. The van der Waals surface area contributed by atoms with E-state index in [2.05, 4.69) is 4.90 Å². The van der Waals surface area contributed by atoms with Crippen molar-refractivity contribution < 1.29 is 23.9 Å². The minimum absolute atomic E-state index is 0.119. The molecule has 0 N–H and O–H groups in total. The number of nitrogens with zero attached hydrogens (tertiary/aromatic N) is 1. The minimum Gasteiger partial charge on any atom is -0.468 e. The Kier molecular flexibility index (Phi) is 7.70. The first-order valence-electron chi connectivity index (χ1n) is 12.5. The van der Waals surface area contributed by atoms with Gasteiger partial charge in [0, 0.05) is 6.04 Å². The number of methoxy groups -OCH3 is 2. The molecule has 4 atom stereocenters. The highest BCUT2D eigenvalue weighted by molar-refractivity contribution is 6.10. The van der Waals surface area contributed by atoms with Crippen LogP contribution in [0.1, 0.15) is 66.4 Å². The Bertz CT molecular complexity index is 980. The van der Waals surface area contributed by atoms with E-state index < -0.39 is 41.6 Å². The number of Topliss-reactive ketones (excluding diaryl/α,β-unsaturated/α-hetero) is 1. The minimum atomic E-state index is -1.12. The van der Waals surface area contributed by atoms with Crippen molar-refractivity contribution in [1.82, 2.24) is 4.90 Å². The number of carbonyl (C=O) groups is 3. The van der Waals surface area contributed by atoms with E-state index >= 15 is 0 Å². The number of ether oxygens (including phenoxy) is 2. The van der Waals surface area contributed by atoms with E-state index in [0.29, 0.717) is 0 Å². The Morgan fingerprint density at radius 1 is 0.714 bits per heavy atom. The van der Waals surface area contributed by atoms with Gasteiger partial charge >= 0.3 is 11.9 Å². The molecule has 0 aromatic heterocycles. The standard InChI is InChI=1S/C29H35NO5/c1-18-10-14-20(15-11-18)25-23(28(32)34-3)27(31)24(29(33)35-4)26(21-16-12-19(2)13-17-21)30(25)22-8-6-5-7-9-22/h10-17,22-26H,5-9H2,1-4H3. The molecule has 4 rings (SSSR count). The number of likely N-dealkylation sites (tertiary alicyclic amines) is 1. The van der Waals surface area contributed by atoms with Crippen LogP contribution in [0, 0.1) is 25.7 Å². The van der Waals surface area contributed by atoms with Crippen molar-refractivity contribution in [3.63, 3.8) is 0 Å². The molecular weight excluding hydrogens is 442 g/mol. The van der Waals surface area contributed by atoms with E-state index in [4.69, 9.17) is 9.47 Å². The zero-order chi connectivity index (χ0) is 25.1. The van der Waals surface area contributed by atoms with Gasteiger partial charge < -0.3 is 9.47 Å². The van der Waals surface area contributed by atoms with Crippen LogP contribution in [0.5, 0.6) is 0 Å². The predicted octanol–water partition coefficient (Wildman–Crippen LogP) is 4.88. The van der Waals surface area contributed by atoms with Crippen LogP contribution in [0.3, 0.4) is 0 Å². The van der Waals surface area contributed by atoms with E-state index in [0.717, 1.165) is 54.4 Å². The van der Waals surface area contributed by atoms with Gasteiger partial charge in [0.05, 0.1) is 26.3 Å². The van der Waals surface area contributed by atoms with Crippen LogP contribution in [-0.4, -0.2) is 42.9 Å². The summed E-state index contributed by atoms with van der Waals surface area (Å²) in [5, 5.41) is 0. The molecule has 1 aliphatic heterocycles. The lowest BCUT2D eigenvalue weighted by Gasteiger charge is -2.52. The zero-order valence-corrected chi connectivity index (χ0v) is 21.0. The van der Waals surface area contributed by atoms with Crippen molar-refractivity contribution in [2.24, 2.45) is 11.8 Å². The molecular formula is C29H35NO5. The molecule has 6 heteroatoms. The van der Waals surface area contributed by atoms with Crippen LogP contribution in [0.4, 0.5) is 0 Å². The summed E-state index contributed by atoms with van der Waals surface area (Å²) >= 11 is 0. The number of hydrogen-bond acceptors (Lipinski definition) is 6. The van der Waals surface area contributed by atoms with Gasteiger partial charge in [-0.25, -0.2) is 0 Å². The molecule has 0 bridgehead atoms. The van der Waals surface area contributed by atoms with Gasteiger partial charge in [-0.1, -0.05) is 78.9 Å². The Labute approximate surface area is 207 Å². The average Bonchev–Trinajstić information content (AvgIpc) is 2.88. The molecule has 186 valence electrons. The maximum absolute atomic E-state index is 14.0. The van der Waals surface area contributed by atoms with Gasteiger partial charge in [-0.3, -0.25) is 19.3 Å². The summed E-state index contributed by atoms with van der Waals surface area (Å²) in [7, 11) is 2.60. The van der Waals surface area contributed by atoms with Gasteiger partial charge in [0.1, 0.15) is 11.8 Å². The molecule has 1 saturated carbocycles. The summed E-state index contributed by atoms with van der Waals surface area (Å²) in [6.07, 6.45) is 5.19. The second-order valence-corrected chi connectivity index (χ2v) is 9.85. The lowest BCUT2D eigenvalue weighted by Crippen LogP contribution is -2.58. The molecule has 2 aromatic rings. The van der Waals surface area contributed by atoms with Crippen LogP contribution in [0.25, 0.3) is 0 Å². The van der Waals surface area contributed by atoms with Crippen molar-refractivity contribution in [1.29, 1.82) is 0 Å². The third kappa shape index (κ3) is 4.90. The molecule has 4 unspecified atom stereocenters. The largest absolute Gasteiger partial charge is 0.468 e. The third-order valence-corrected chi connectivity index (χ3v) is 7.63. The first-order chi connectivity index (χ1) is 16.9. The maximum atomic E-state index is 14.0. The smallest absolute Gasteiger partial charge is 0.318 e. The van der Waals surface area contributed by atoms with Crippen LogP contribution >= 0.6 is 0 Å². The molecule has 1 heterocycles. The zero-order valence-electron chi connectivity index (χ0n) is 21.0. The van der Waals surface area contributed by atoms with Gasteiger partial charge in [0.25, 0.3) is 0 Å². The van der Waals surface area contributed by atoms with E-state index in [1.165, 1.54) is 14.2 Å². The summed E-state index contributed by atoms with van der Waals surface area (Å²) in [6, 6.07) is 15.0. The van der Waals surface area contributed by atoms with E-state index in [1.54, 1.807) is 0 Å². The SMILES string of the molecule is COC(=O)C1C(=O)C(C(=O)OC)C(c2ccc(C)cc2)N(C2CCCCC2)C1c1ccc(C)cc1. The highest BCUT2D eigenvalue weighted by atomic mass is 16.5. The molecule has 1 saturated heterocycles. The van der Waals surface area contributed by atoms with Gasteiger partial charge in [0.15, 0.2) is 5.78 Å². The summed E-state index contributed by atoms with van der Waals surface area (Å²) in [5.41, 5.74) is 3.95. The van der Waals surface area contributed by atoms with Gasteiger partial charge in [-0.05, 0) is 37.8 Å². The quantitative estimate of drug-likeness (QED) is 0.451. The fourth-order valence-corrected chi connectivity index (χ4v) is 5.86. The highest BCUT2D eigenvalue weighted by Crippen LogP contribution is 2.50. The van der Waals surface area contributed by atoms with Crippen molar-refractivity contribution in [3.8, 4) is 0 Å². The Morgan fingerprint density at radius 3 is 1.49 bits per heavy atom. The van der Waals surface area contributed by atoms with Crippen LogP contribution in [-0.2, 0) is 23.9 Å². The molecule has 2 fully saturated rings. The van der Waals surface area contributed by atoms with Crippen LogP contribution in [0.2, 0.25) is 0 Å². The van der Waals surface area contributed by atoms with E-state index in [-0.39, 0.29) is 6.04 Å². The highest BCUT2D eigenvalue weighted by Gasteiger charge is 2.57. The average molecular weight is 478 g/mol. The first kappa shape index (κ1) is 25.1. The van der Waals surface area contributed by atoms with Crippen LogP contribution < -0.4 is 0 Å². The van der Waals surface area contributed by atoms with Gasteiger partial charge in [-0.2, -0.15) is 0 Å².